The van der Waals surface area contributed by atoms with Crippen molar-refractivity contribution in [2.45, 2.75) is 26.4 Å². The lowest BCUT2D eigenvalue weighted by molar-refractivity contribution is 0.194. The number of halogens is 1. The number of aryl methyl sites for hydroxylation is 1. The van der Waals surface area contributed by atoms with Gasteiger partial charge in [-0.05, 0) is 26.0 Å². The molecule has 0 radical (unpaired) electrons. The number of hydrogen-bond acceptors (Lipinski definition) is 4. The summed E-state index contributed by atoms with van der Waals surface area (Å²) in [5.41, 5.74) is 3.11. The fraction of sp³-hybridized carbons (Fsp3) is 0.357. The first-order valence-corrected chi connectivity index (χ1v) is 6.95. The van der Waals surface area contributed by atoms with Gasteiger partial charge < -0.3 is 9.84 Å². The van der Waals surface area contributed by atoms with Gasteiger partial charge in [0, 0.05) is 22.9 Å². The Bertz CT molecular complexity index is 554. The van der Waals surface area contributed by atoms with Crippen LogP contribution in [0.5, 0.6) is 5.75 Å². The molecule has 0 saturated heterocycles. The van der Waals surface area contributed by atoms with Gasteiger partial charge in [0.25, 0.3) is 0 Å². The summed E-state index contributed by atoms with van der Waals surface area (Å²) in [6.07, 6.45) is -0.0510. The fourth-order valence-corrected chi connectivity index (χ4v) is 2.53. The third-order valence-electron chi connectivity index (χ3n) is 2.86. The van der Waals surface area contributed by atoms with Crippen molar-refractivity contribution in [2.75, 3.05) is 6.61 Å². The van der Waals surface area contributed by atoms with Crippen molar-refractivity contribution in [1.29, 1.82) is 0 Å². The standard InChI is InChI=1S/C14H16FNO2S/c1-9-14(19-8-16-9)5-6-18-11-3-4-12(10(2)17)13(15)7-11/h3-4,7-8,10,17H,5-6H2,1-2H3/t10-/m1/s1. The highest BCUT2D eigenvalue weighted by atomic mass is 32.1. The van der Waals surface area contributed by atoms with Crippen LogP contribution >= 0.6 is 11.3 Å². The van der Waals surface area contributed by atoms with E-state index in [4.69, 9.17) is 4.74 Å². The minimum absolute atomic E-state index is 0.283. The summed E-state index contributed by atoms with van der Waals surface area (Å²) < 4.78 is 19.1. The summed E-state index contributed by atoms with van der Waals surface area (Å²) in [6.45, 7) is 3.98. The molecule has 0 aliphatic rings. The predicted octanol–water partition coefficient (Wildman–Crippen LogP) is 3.27. The van der Waals surface area contributed by atoms with Crippen LogP contribution < -0.4 is 4.74 Å². The molecule has 102 valence electrons. The number of nitrogens with zero attached hydrogens (tertiary/aromatic N) is 1. The Morgan fingerprint density at radius 3 is 2.84 bits per heavy atom. The average molecular weight is 281 g/mol. The van der Waals surface area contributed by atoms with E-state index in [9.17, 15) is 9.50 Å². The molecule has 1 N–H and O–H groups in total. The molecule has 3 nitrogen and oxygen atoms in total. The van der Waals surface area contributed by atoms with E-state index in [-0.39, 0.29) is 5.56 Å². The molecule has 2 aromatic rings. The van der Waals surface area contributed by atoms with Crippen molar-refractivity contribution >= 4 is 11.3 Å². The Balaban J connectivity index is 1.93. The molecule has 1 aromatic carbocycles. The Kier molecular flexibility index (Phi) is 4.50. The van der Waals surface area contributed by atoms with Crippen molar-refractivity contribution in [3.63, 3.8) is 0 Å². The molecule has 19 heavy (non-hydrogen) atoms. The number of ether oxygens (including phenoxy) is 1. The van der Waals surface area contributed by atoms with Crippen LogP contribution in [-0.4, -0.2) is 16.7 Å². The second kappa shape index (κ2) is 6.12. The van der Waals surface area contributed by atoms with E-state index in [0.717, 1.165) is 12.1 Å². The van der Waals surface area contributed by atoms with Gasteiger partial charge in [-0.3, -0.25) is 0 Å². The molecule has 0 amide bonds. The molecule has 0 spiro atoms. The van der Waals surface area contributed by atoms with Crippen LogP contribution in [0.2, 0.25) is 0 Å². The van der Waals surface area contributed by atoms with Crippen LogP contribution in [-0.2, 0) is 6.42 Å². The van der Waals surface area contributed by atoms with E-state index in [0.29, 0.717) is 12.4 Å². The maximum atomic E-state index is 13.6. The number of rotatable bonds is 5. The first-order valence-electron chi connectivity index (χ1n) is 6.07. The molecule has 1 aromatic heterocycles. The largest absolute Gasteiger partial charge is 0.493 e. The normalized spacial score (nSPS) is 12.4. The first kappa shape index (κ1) is 14.0. The quantitative estimate of drug-likeness (QED) is 0.914. The monoisotopic (exact) mass is 281 g/mol. The number of benzene rings is 1. The van der Waals surface area contributed by atoms with Crippen LogP contribution in [0.15, 0.2) is 23.7 Å². The van der Waals surface area contributed by atoms with Gasteiger partial charge >= 0.3 is 0 Å². The van der Waals surface area contributed by atoms with Crippen molar-refractivity contribution in [3.8, 4) is 5.75 Å². The third kappa shape index (κ3) is 3.52. The maximum Gasteiger partial charge on any atom is 0.132 e. The van der Waals surface area contributed by atoms with Crippen molar-refractivity contribution < 1.29 is 14.2 Å². The molecule has 1 heterocycles. The minimum atomic E-state index is -0.811. The maximum absolute atomic E-state index is 13.6. The number of thiazole rings is 1. The SMILES string of the molecule is Cc1ncsc1CCOc1ccc([C@@H](C)O)c(F)c1. The minimum Gasteiger partial charge on any atom is -0.493 e. The molecule has 0 aliphatic heterocycles. The Labute approximate surface area is 115 Å². The van der Waals surface area contributed by atoms with Gasteiger partial charge in [0.15, 0.2) is 0 Å². The van der Waals surface area contributed by atoms with Crippen LogP contribution in [0.3, 0.4) is 0 Å². The summed E-state index contributed by atoms with van der Waals surface area (Å²) in [7, 11) is 0. The van der Waals surface area contributed by atoms with Crippen molar-refractivity contribution in [2.24, 2.45) is 0 Å². The molecule has 0 aliphatic carbocycles. The van der Waals surface area contributed by atoms with Crippen LogP contribution in [0.1, 0.15) is 29.2 Å². The van der Waals surface area contributed by atoms with E-state index < -0.39 is 11.9 Å². The van der Waals surface area contributed by atoms with Gasteiger partial charge in [-0.2, -0.15) is 0 Å². The summed E-state index contributed by atoms with van der Waals surface area (Å²) in [5.74, 6) is 0.0329. The fourth-order valence-electron chi connectivity index (χ4n) is 1.76. The Morgan fingerprint density at radius 2 is 2.26 bits per heavy atom. The number of hydrogen-bond donors (Lipinski definition) is 1. The highest BCUT2D eigenvalue weighted by Gasteiger charge is 2.09. The van der Waals surface area contributed by atoms with Crippen LogP contribution in [0, 0.1) is 12.7 Å². The molecule has 0 bridgehead atoms. The Morgan fingerprint density at radius 1 is 1.47 bits per heavy atom. The zero-order valence-corrected chi connectivity index (χ0v) is 11.7. The van der Waals surface area contributed by atoms with Gasteiger partial charge in [-0.25, -0.2) is 9.37 Å². The Hall–Kier alpha value is -1.46. The number of aliphatic hydroxyl groups is 1. The zero-order chi connectivity index (χ0) is 13.8. The van der Waals surface area contributed by atoms with Gasteiger partial charge in [-0.1, -0.05) is 0 Å². The van der Waals surface area contributed by atoms with E-state index in [2.05, 4.69) is 4.98 Å². The number of aromatic nitrogens is 1. The smallest absolute Gasteiger partial charge is 0.132 e. The van der Waals surface area contributed by atoms with E-state index >= 15 is 0 Å². The molecular weight excluding hydrogens is 265 g/mol. The van der Waals surface area contributed by atoms with Gasteiger partial charge in [0.05, 0.1) is 23.9 Å². The molecule has 0 fully saturated rings. The van der Waals surface area contributed by atoms with Gasteiger partial charge in [0.2, 0.25) is 0 Å². The van der Waals surface area contributed by atoms with E-state index in [1.165, 1.54) is 17.9 Å². The topological polar surface area (TPSA) is 42.4 Å². The molecule has 2 rings (SSSR count). The highest BCUT2D eigenvalue weighted by Crippen LogP contribution is 2.22. The predicted molar refractivity (Wildman–Crippen MR) is 73.1 cm³/mol. The summed E-state index contributed by atoms with van der Waals surface area (Å²) in [5, 5.41) is 9.34. The van der Waals surface area contributed by atoms with Gasteiger partial charge in [-0.15, -0.1) is 11.3 Å². The van der Waals surface area contributed by atoms with Crippen LogP contribution in [0.4, 0.5) is 4.39 Å². The summed E-state index contributed by atoms with van der Waals surface area (Å²) >= 11 is 1.60. The third-order valence-corrected chi connectivity index (χ3v) is 3.86. The lowest BCUT2D eigenvalue weighted by atomic mass is 10.1. The average Bonchev–Trinajstić information content (AvgIpc) is 2.75. The molecule has 1 atom stereocenters. The van der Waals surface area contributed by atoms with E-state index in [1.807, 2.05) is 12.4 Å². The van der Waals surface area contributed by atoms with Crippen LogP contribution in [0.25, 0.3) is 0 Å². The van der Waals surface area contributed by atoms with Gasteiger partial charge in [0.1, 0.15) is 11.6 Å². The molecule has 5 heteroatoms. The molecule has 0 unspecified atom stereocenters. The second-order valence-electron chi connectivity index (χ2n) is 4.32. The highest BCUT2D eigenvalue weighted by molar-refractivity contribution is 7.09. The summed E-state index contributed by atoms with van der Waals surface area (Å²) in [4.78, 5) is 5.34. The van der Waals surface area contributed by atoms with E-state index in [1.54, 1.807) is 23.5 Å². The lowest BCUT2D eigenvalue weighted by Crippen LogP contribution is -2.03. The summed E-state index contributed by atoms with van der Waals surface area (Å²) in [6, 6.07) is 4.53. The lowest BCUT2D eigenvalue weighted by Gasteiger charge is -2.09. The van der Waals surface area contributed by atoms with Crippen molar-refractivity contribution in [1.82, 2.24) is 4.98 Å². The zero-order valence-electron chi connectivity index (χ0n) is 10.9. The number of aliphatic hydroxyl groups excluding tert-OH is 1. The van der Waals surface area contributed by atoms with Crippen molar-refractivity contribution in [3.05, 3.63) is 45.7 Å². The first-order chi connectivity index (χ1) is 9.08. The second-order valence-corrected chi connectivity index (χ2v) is 5.26. The molecular formula is C14H16FNO2S. The molecule has 0 saturated carbocycles.